The predicted octanol–water partition coefficient (Wildman–Crippen LogP) is 2.56. The van der Waals surface area contributed by atoms with Gasteiger partial charge in [0, 0.05) is 25.0 Å². The highest BCUT2D eigenvalue weighted by Gasteiger charge is 2.10. The van der Waals surface area contributed by atoms with Crippen molar-refractivity contribution >= 4 is 5.91 Å². The molecule has 0 radical (unpaired) electrons. The molecule has 17 heavy (non-hydrogen) atoms. The van der Waals surface area contributed by atoms with E-state index in [4.69, 9.17) is 0 Å². The quantitative estimate of drug-likeness (QED) is 0.610. The number of hydrogen-bond acceptors (Lipinski definition) is 2. The summed E-state index contributed by atoms with van der Waals surface area (Å²) in [5.41, 5.74) is 0. The van der Waals surface area contributed by atoms with Crippen LogP contribution in [0.15, 0.2) is 0 Å². The van der Waals surface area contributed by atoms with Gasteiger partial charge in [0.1, 0.15) is 0 Å². The van der Waals surface area contributed by atoms with E-state index in [1.807, 2.05) is 13.8 Å². The second-order valence-corrected chi connectivity index (χ2v) is 5.25. The van der Waals surface area contributed by atoms with E-state index in [0.29, 0.717) is 6.04 Å². The van der Waals surface area contributed by atoms with Crippen molar-refractivity contribution in [3.63, 3.8) is 0 Å². The van der Waals surface area contributed by atoms with Crippen LogP contribution in [0.2, 0.25) is 0 Å². The topological polar surface area (TPSA) is 41.1 Å². The first-order chi connectivity index (χ1) is 8.01. The van der Waals surface area contributed by atoms with Gasteiger partial charge in [0.2, 0.25) is 5.91 Å². The minimum atomic E-state index is 0.0806. The Morgan fingerprint density at radius 1 is 1.06 bits per heavy atom. The Balaban J connectivity index is 3.66. The predicted molar refractivity (Wildman–Crippen MR) is 74.0 cm³/mol. The van der Waals surface area contributed by atoms with Gasteiger partial charge in [-0.3, -0.25) is 4.79 Å². The molecule has 1 amide bonds. The molecule has 0 aliphatic rings. The lowest BCUT2D eigenvalue weighted by molar-refractivity contribution is -0.123. The fourth-order valence-electron chi connectivity index (χ4n) is 1.71. The maximum atomic E-state index is 11.3. The van der Waals surface area contributed by atoms with Crippen molar-refractivity contribution in [3.8, 4) is 0 Å². The third kappa shape index (κ3) is 8.19. The second kappa shape index (κ2) is 9.46. The van der Waals surface area contributed by atoms with Crippen molar-refractivity contribution in [2.45, 2.75) is 59.9 Å². The average Bonchev–Trinajstić information content (AvgIpc) is 2.31. The Kier molecular flexibility index (Phi) is 9.14. The summed E-state index contributed by atoms with van der Waals surface area (Å²) < 4.78 is 0. The van der Waals surface area contributed by atoms with Gasteiger partial charge >= 0.3 is 0 Å². The molecule has 0 bridgehead atoms. The smallest absolute Gasteiger partial charge is 0.222 e. The molecule has 0 fully saturated rings. The van der Waals surface area contributed by atoms with E-state index in [0.717, 1.165) is 25.4 Å². The van der Waals surface area contributed by atoms with Crippen molar-refractivity contribution in [3.05, 3.63) is 0 Å². The van der Waals surface area contributed by atoms with Gasteiger partial charge in [-0.1, -0.05) is 41.0 Å². The molecule has 2 atom stereocenters. The zero-order valence-corrected chi connectivity index (χ0v) is 12.2. The normalized spacial score (nSPS) is 14.7. The van der Waals surface area contributed by atoms with Crippen molar-refractivity contribution < 1.29 is 4.79 Å². The molecule has 0 aliphatic heterocycles. The standard InChI is InChI=1S/C14H30N2O/c1-6-12(5)10-13(7-2)15-8-9-16-14(17)11(3)4/h11-13,15H,6-10H2,1-5H3,(H,16,17). The van der Waals surface area contributed by atoms with Gasteiger partial charge in [-0.25, -0.2) is 0 Å². The van der Waals surface area contributed by atoms with Gasteiger partial charge in [-0.2, -0.15) is 0 Å². The highest BCUT2D eigenvalue weighted by Crippen LogP contribution is 2.11. The molecule has 102 valence electrons. The van der Waals surface area contributed by atoms with Gasteiger partial charge < -0.3 is 10.6 Å². The lowest BCUT2D eigenvalue weighted by Crippen LogP contribution is -2.38. The van der Waals surface area contributed by atoms with Crippen LogP contribution in [0.5, 0.6) is 0 Å². The molecule has 2 unspecified atom stereocenters. The van der Waals surface area contributed by atoms with E-state index in [9.17, 15) is 4.79 Å². The number of rotatable bonds is 9. The van der Waals surface area contributed by atoms with E-state index in [1.54, 1.807) is 0 Å². The summed E-state index contributed by atoms with van der Waals surface area (Å²) in [6.45, 7) is 12.2. The largest absolute Gasteiger partial charge is 0.355 e. The first-order valence-corrected chi connectivity index (χ1v) is 7.02. The number of carbonyl (C=O) groups excluding carboxylic acids is 1. The summed E-state index contributed by atoms with van der Waals surface area (Å²) in [4.78, 5) is 11.3. The highest BCUT2D eigenvalue weighted by atomic mass is 16.1. The first-order valence-electron chi connectivity index (χ1n) is 7.02. The van der Waals surface area contributed by atoms with Crippen molar-refractivity contribution in [1.82, 2.24) is 10.6 Å². The Morgan fingerprint density at radius 2 is 1.71 bits per heavy atom. The highest BCUT2D eigenvalue weighted by molar-refractivity contribution is 5.77. The van der Waals surface area contributed by atoms with E-state index < -0.39 is 0 Å². The number of carbonyl (C=O) groups is 1. The third-order valence-electron chi connectivity index (χ3n) is 3.26. The van der Waals surface area contributed by atoms with Crippen LogP contribution in [0.1, 0.15) is 53.9 Å². The Bertz CT molecular complexity index is 204. The average molecular weight is 242 g/mol. The first kappa shape index (κ1) is 16.4. The summed E-state index contributed by atoms with van der Waals surface area (Å²) in [6, 6.07) is 0.584. The Labute approximate surface area is 107 Å². The fraction of sp³-hybridized carbons (Fsp3) is 0.929. The van der Waals surface area contributed by atoms with E-state index in [2.05, 4.69) is 31.4 Å². The zero-order chi connectivity index (χ0) is 13.3. The minimum absolute atomic E-state index is 0.0806. The van der Waals surface area contributed by atoms with Gasteiger partial charge in [-0.15, -0.1) is 0 Å². The summed E-state index contributed by atoms with van der Waals surface area (Å²) in [5.74, 6) is 0.997. The molecule has 0 saturated carbocycles. The summed E-state index contributed by atoms with van der Waals surface area (Å²) in [6.07, 6.45) is 3.62. The van der Waals surface area contributed by atoms with Gasteiger partial charge in [0.25, 0.3) is 0 Å². The van der Waals surface area contributed by atoms with Crippen LogP contribution >= 0.6 is 0 Å². The lowest BCUT2D eigenvalue weighted by Gasteiger charge is -2.20. The maximum Gasteiger partial charge on any atom is 0.222 e. The molecule has 3 heteroatoms. The molecule has 2 N–H and O–H groups in total. The molecule has 0 saturated heterocycles. The SMILES string of the molecule is CCC(C)CC(CC)NCCNC(=O)C(C)C. The van der Waals surface area contributed by atoms with Crippen molar-refractivity contribution in [1.29, 1.82) is 0 Å². The van der Waals surface area contributed by atoms with E-state index in [1.165, 1.54) is 12.8 Å². The van der Waals surface area contributed by atoms with Gasteiger partial charge in [-0.05, 0) is 18.8 Å². The van der Waals surface area contributed by atoms with Crippen molar-refractivity contribution in [2.75, 3.05) is 13.1 Å². The number of amides is 1. The van der Waals surface area contributed by atoms with Crippen LogP contribution in [-0.4, -0.2) is 25.0 Å². The molecule has 0 aliphatic carbocycles. The molecule has 0 spiro atoms. The number of hydrogen-bond donors (Lipinski definition) is 2. The third-order valence-corrected chi connectivity index (χ3v) is 3.26. The van der Waals surface area contributed by atoms with Gasteiger partial charge in [0.05, 0.1) is 0 Å². The van der Waals surface area contributed by atoms with Crippen LogP contribution in [-0.2, 0) is 4.79 Å². The molecule has 0 aromatic carbocycles. The summed E-state index contributed by atoms with van der Waals surface area (Å²) in [7, 11) is 0. The lowest BCUT2D eigenvalue weighted by atomic mass is 9.98. The second-order valence-electron chi connectivity index (χ2n) is 5.25. The molecule has 0 aromatic rings. The van der Waals surface area contributed by atoms with Crippen LogP contribution in [0.4, 0.5) is 0 Å². The van der Waals surface area contributed by atoms with Crippen LogP contribution in [0.25, 0.3) is 0 Å². The molecular formula is C14H30N2O. The van der Waals surface area contributed by atoms with E-state index >= 15 is 0 Å². The molecule has 0 rings (SSSR count). The minimum Gasteiger partial charge on any atom is -0.355 e. The summed E-state index contributed by atoms with van der Waals surface area (Å²) >= 11 is 0. The van der Waals surface area contributed by atoms with Crippen molar-refractivity contribution in [2.24, 2.45) is 11.8 Å². The molecule has 0 heterocycles. The van der Waals surface area contributed by atoms with Gasteiger partial charge in [0.15, 0.2) is 0 Å². The molecule has 3 nitrogen and oxygen atoms in total. The summed E-state index contributed by atoms with van der Waals surface area (Å²) in [5, 5.41) is 6.44. The van der Waals surface area contributed by atoms with E-state index in [-0.39, 0.29) is 11.8 Å². The Hall–Kier alpha value is -0.570. The number of nitrogens with one attached hydrogen (secondary N) is 2. The Morgan fingerprint density at radius 3 is 2.18 bits per heavy atom. The fourth-order valence-corrected chi connectivity index (χ4v) is 1.71. The van der Waals surface area contributed by atoms with Crippen LogP contribution < -0.4 is 10.6 Å². The monoisotopic (exact) mass is 242 g/mol. The van der Waals surface area contributed by atoms with Crippen LogP contribution in [0, 0.1) is 11.8 Å². The van der Waals surface area contributed by atoms with Crippen LogP contribution in [0.3, 0.4) is 0 Å². The maximum absolute atomic E-state index is 11.3. The molecular weight excluding hydrogens is 212 g/mol. The molecule has 0 aromatic heterocycles. The zero-order valence-electron chi connectivity index (χ0n) is 12.2.